The molecule has 3 aromatic carbocycles. The van der Waals surface area contributed by atoms with Crippen LogP contribution in [0.3, 0.4) is 0 Å². The maximum absolute atomic E-state index is 13.2. The van der Waals surface area contributed by atoms with Gasteiger partial charge in [-0.05, 0) is 60.0 Å². The Kier molecular flexibility index (Phi) is 6.68. The van der Waals surface area contributed by atoms with Crippen molar-refractivity contribution in [3.05, 3.63) is 95.6 Å². The SMILES string of the molecule is COc1ccc(C2/C(=C(/O)c3ccc(OCC(C)C)cc3)C(=O)C(=O)N2c2ccccc2)cc1. The summed E-state index contributed by atoms with van der Waals surface area (Å²) in [5.74, 6) is 0.0476. The highest BCUT2D eigenvalue weighted by Crippen LogP contribution is 2.42. The van der Waals surface area contributed by atoms with Gasteiger partial charge in [-0.25, -0.2) is 0 Å². The number of aliphatic hydroxyl groups excluding tert-OH is 1. The van der Waals surface area contributed by atoms with Crippen molar-refractivity contribution in [2.75, 3.05) is 18.6 Å². The molecule has 1 saturated heterocycles. The fourth-order valence-electron chi connectivity index (χ4n) is 3.92. The van der Waals surface area contributed by atoms with Crippen LogP contribution < -0.4 is 14.4 Å². The quantitative estimate of drug-likeness (QED) is 0.294. The standard InChI is InChI=1S/C28H27NO5/c1-18(2)17-34-23-15-11-20(12-16-23)26(30)24-25(19-9-13-22(33-3)14-10-19)29(28(32)27(24)31)21-7-5-4-6-8-21/h4-16,18,25,30H,17H2,1-3H3/b26-24-. The second kappa shape index (κ2) is 9.83. The lowest BCUT2D eigenvalue weighted by Crippen LogP contribution is -2.29. The van der Waals surface area contributed by atoms with Crippen LogP contribution in [0.2, 0.25) is 0 Å². The number of nitrogens with zero attached hydrogens (tertiary/aromatic N) is 1. The first-order valence-corrected chi connectivity index (χ1v) is 11.1. The number of anilines is 1. The zero-order valence-electron chi connectivity index (χ0n) is 19.4. The van der Waals surface area contributed by atoms with Gasteiger partial charge in [0.2, 0.25) is 0 Å². The zero-order chi connectivity index (χ0) is 24.2. The monoisotopic (exact) mass is 457 g/mol. The number of Topliss-reactive ketones (excluding diaryl/α,β-unsaturated/α-hetero) is 1. The van der Waals surface area contributed by atoms with Crippen LogP contribution in [0.1, 0.15) is 31.0 Å². The first kappa shape index (κ1) is 23.1. The molecule has 0 aromatic heterocycles. The number of ketones is 1. The van der Waals surface area contributed by atoms with Crippen LogP contribution in [0.4, 0.5) is 5.69 Å². The lowest BCUT2D eigenvalue weighted by Gasteiger charge is -2.25. The van der Waals surface area contributed by atoms with E-state index >= 15 is 0 Å². The van der Waals surface area contributed by atoms with Gasteiger partial charge >= 0.3 is 0 Å². The number of carbonyl (C=O) groups excluding carboxylic acids is 2. The Morgan fingerprint density at radius 2 is 1.53 bits per heavy atom. The van der Waals surface area contributed by atoms with Gasteiger partial charge < -0.3 is 14.6 Å². The second-order valence-electron chi connectivity index (χ2n) is 8.51. The van der Waals surface area contributed by atoms with E-state index in [1.165, 1.54) is 4.90 Å². The third-order valence-corrected chi connectivity index (χ3v) is 5.62. The van der Waals surface area contributed by atoms with Gasteiger partial charge in [0.15, 0.2) is 0 Å². The summed E-state index contributed by atoms with van der Waals surface area (Å²) >= 11 is 0. The van der Waals surface area contributed by atoms with Gasteiger partial charge in [0.25, 0.3) is 11.7 Å². The molecule has 6 nitrogen and oxygen atoms in total. The van der Waals surface area contributed by atoms with Crippen LogP contribution >= 0.6 is 0 Å². The van der Waals surface area contributed by atoms with Crippen molar-refractivity contribution in [3.8, 4) is 11.5 Å². The second-order valence-corrected chi connectivity index (χ2v) is 8.51. The molecule has 0 aliphatic carbocycles. The van der Waals surface area contributed by atoms with Crippen LogP contribution in [-0.4, -0.2) is 30.5 Å². The summed E-state index contributed by atoms with van der Waals surface area (Å²) in [6.07, 6.45) is 0. The Morgan fingerprint density at radius 1 is 0.912 bits per heavy atom. The predicted octanol–water partition coefficient (Wildman–Crippen LogP) is 5.36. The van der Waals surface area contributed by atoms with Gasteiger partial charge in [0.05, 0.1) is 25.3 Å². The Balaban J connectivity index is 1.80. The van der Waals surface area contributed by atoms with E-state index in [9.17, 15) is 14.7 Å². The van der Waals surface area contributed by atoms with Crippen molar-refractivity contribution in [3.63, 3.8) is 0 Å². The summed E-state index contributed by atoms with van der Waals surface area (Å²) in [4.78, 5) is 27.8. The van der Waals surface area contributed by atoms with Crippen LogP contribution in [0, 0.1) is 5.92 Å². The van der Waals surface area contributed by atoms with Gasteiger partial charge in [0, 0.05) is 11.3 Å². The van der Waals surface area contributed by atoms with Crippen LogP contribution in [0.5, 0.6) is 11.5 Å². The molecule has 1 amide bonds. The summed E-state index contributed by atoms with van der Waals surface area (Å²) in [5.41, 5.74) is 1.72. The molecule has 1 N–H and O–H groups in total. The predicted molar refractivity (Wildman–Crippen MR) is 131 cm³/mol. The highest BCUT2D eigenvalue weighted by atomic mass is 16.5. The molecule has 6 heteroatoms. The van der Waals surface area contributed by atoms with E-state index < -0.39 is 17.7 Å². The first-order chi connectivity index (χ1) is 16.4. The molecular weight excluding hydrogens is 430 g/mol. The molecule has 174 valence electrons. The minimum absolute atomic E-state index is 0.0369. The number of rotatable bonds is 7. The summed E-state index contributed by atoms with van der Waals surface area (Å²) in [7, 11) is 1.57. The van der Waals surface area contributed by atoms with E-state index in [-0.39, 0.29) is 11.3 Å². The third-order valence-electron chi connectivity index (χ3n) is 5.62. The Bertz CT molecular complexity index is 1200. The molecule has 3 aromatic rings. The average Bonchev–Trinajstić information content (AvgIpc) is 3.13. The number of carbonyl (C=O) groups is 2. The summed E-state index contributed by atoms with van der Waals surface area (Å²) < 4.78 is 11.0. The minimum atomic E-state index is -0.787. The van der Waals surface area contributed by atoms with Crippen molar-refractivity contribution in [1.82, 2.24) is 0 Å². The zero-order valence-corrected chi connectivity index (χ0v) is 19.4. The van der Waals surface area contributed by atoms with Crippen LogP contribution in [0.25, 0.3) is 5.76 Å². The van der Waals surface area contributed by atoms with Crippen LogP contribution in [-0.2, 0) is 9.59 Å². The molecule has 4 rings (SSSR count). The fraction of sp³-hybridized carbons (Fsp3) is 0.214. The van der Waals surface area contributed by atoms with E-state index in [1.807, 2.05) is 6.07 Å². The van der Waals surface area contributed by atoms with E-state index in [1.54, 1.807) is 79.9 Å². The Morgan fingerprint density at radius 3 is 2.12 bits per heavy atom. The molecule has 0 radical (unpaired) electrons. The molecule has 1 aliphatic heterocycles. The van der Waals surface area contributed by atoms with Crippen molar-refractivity contribution < 1.29 is 24.2 Å². The Hall–Kier alpha value is -4.06. The summed E-state index contributed by atoms with van der Waals surface area (Å²) in [5, 5.41) is 11.2. The molecule has 1 fully saturated rings. The van der Waals surface area contributed by atoms with Gasteiger partial charge in [-0.2, -0.15) is 0 Å². The van der Waals surface area contributed by atoms with E-state index in [2.05, 4.69) is 13.8 Å². The fourth-order valence-corrected chi connectivity index (χ4v) is 3.92. The number of amides is 1. The van der Waals surface area contributed by atoms with Crippen LogP contribution in [0.15, 0.2) is 84.4 Å². The van der Waals surface area contributed by atoms with E-state index in [0.29, 0.717) is 40.8 Å². The number of ether oxygens (including phenoxy) is 2. The molecule has 1 heterocycles. The van der Waals surface area contributed by atoms with Crippen molar-refractivity contribution in [2.24, 2.45) is 5.92 Å². The average molecular weight is 458 g/mol. The highest BCUT2D eigenvalue weighted by Gasteiger charge is 2.46. The van der Waals surface area contributed by atoms with E-state index in [0.717, 1.165) is 0 Å². The lowest BCUT2D eigenvalue weighted by atomic mass is 9.95. The number of benzene rings is 3. The number of aliphatic hydroxyl groups is 1. The smallest absolute Gasteiger partial charge is 0.300 e. The molecule has 1 unspecified atom stereocenters. The maximum atomic E-state index is 13.2. The number of para-hydroxylation sites is 1. The topological polar surface area (TPSA) is 76.1 Å². The molecular formula is C28H27NO5. The van der Waals surface area contributed by atoms with Gasteiger partial charge in [-0.3, -0.25) is 14.5 Å². The van der Waals surface area contributed by atoms with E-state index in [4.69, 9.17) is 9.47 Å². The normalized spacial score (nSPS) is 17.3. The van der Waals surface area contributed by atoms with Crippen molar-refractivity contribution >= 4 is 23.1 Å². The molecule has 0 spiro atoms. The number of hydrogen-bond acceptors (Lipinski definition) is 5. The third kappa shape index (κ3) is 4.53. The summed E-state index contributed by atoms with van der Waals surface area (Å²) in [6.45, 7) is 4.70. The molecule has 0 bridgehead atoms. The number of hydrogen-bond donors (Lipinski definition) is 1. The van der Waals surface area contributed by atoms with Gasteiger partial charge in [-0.15, -0.1) is 0 Å². The van der Waals surface area contributed by atoms with Crippen molar-refractivity contribution in [1.29, 1.82) is 0 Å². The number of methoxy groups -OCH3 is 1. The molecule has 34 heavy (non-hydrogen) atoms. The maximum Gasteiger partial charge on any atom is 0.300 e. The molecule has 1 aliphatic rings. The van der Waals surface area contributed by atoms with Gasteiger partial charge in [0.1, 0.15) is 17.3 Å². The molecule has 1 atom stereocenters. The minimum Gasteiger partial charge on any atom is -0.507 e. The Labute approximate surface area is 199 Å². The largest absolute Gasteiger partial charge is 0.507 e. The highest BCUT2D eigenvalue weighted by molar-refractivity contribution is 6.51. The first-order valence-electron chi connectivity index (χ1n) is 11.1. The van der Waals surface area contributed by atoms with Crippen molar-refractivity contribution in [2.45, 2.75) is 19.9 Å². The van der Waals surface area contributed by atoms with Gasteiger partial charge in [-0.1, -0.05) is 44.2 Å². The molecule has 0 saturated carbocycles. The summed E-state index contributed by atoms with van der Waals surface area (Å²) in [6, 6.07) is 22.2. The lowest BCUT2D eigenvalue weighted by molar-refractivity contribution is -0.132.